The minimum Gasteiger partial charge on any atom is -0.497 e. The highest BCUT2D eigenvalue weighted by atomic mass is 19.1. The lowest BCUT2D eigenvalue weighted by Crippen LogP contribution is -2.43. The predicted molar refractivity (Wildman–Crippen MR) is 126 cm³/mol. The lowest BCUT2D eigenvalue weighted by atomic mass is 10.0. The van der Waals surface area contributed by atoms with Gasteiger partial charge in [-0.15, -0.1) is 0 Å². The molecule has 0 unspecified atom stereocenters. The van der Waals surface area contributed by atoms with Crippen molar-refractivity contribution in [1.29, 1.82) is 0 Å². The summed E-state index contributed by atoms with van der Waals surface area (Å²) in [5, 5.41) is 2.97. The largest absolute Gasteiger partial charge is 0.497 e. The third-order valence-electron chi connectivity index (χ3n) is 5.35. The molecule has 6 heteroatoms. The fourth-order valence-electron chi connectivity index (χ4n) is 3.60. The average Bonchev–Trinajstić information content (AvgIpc) is 2.84. The molecule has 0 bridgehead atoms. The van der Waals surface area contributed by atoms with Crippen molar-refractivity contribution in [2.45, 2.75) is 38.9 Å². The van der Waals surface area contributed by atoms with E-state index in [4.69, 9.17) is 4.74 Å². The number of benzene rings is 3. The topological polar surface area (TPSA) is 58.6 Å². The number of nitrogens with zero attached hydrogens (tertiary/aromatic N) is 1. The Bertz CT molecular complexity index is 1040. The van der Waals surface area contributed by atoms with Crippen LogP contribution in [0.2, 0.25) is 0 Å². The Labute approximate surface area is 194 Å². The number of nitrogens with one attached hydrogen (secondary N) is 1. The molecular weight excluding hydrogens is 419 g/mol. The van der Waals surface area contributed by atoms with Gasteiger partial charge >= 0.3 is 0 Å². The van der Waals surface area contributed by atoms with Crippen LogP contribution in [-0.4, -0.2) is 23.8 Å². The van der Waals surface area contributed by atoms with Gasteiger partial charge in [-0.1, -0.05) is 61.5 Å². The molecule has 5 nitrogen and oxygen atoms in total. The number of amides is 2. The first kappa shape index (κ1) is 24.0. The molecule has 0 aliphatic carbocycles. The van der Waals surface area contributed by atoms with Crippen LogP contribution in [0.5, 0.6) is 5.75 Å². The fraction of sp³-hybridized carbons (Fsp3) is 0.259. The molecule has 0 aliphatic rings. The molecule has 2 amide bonds. The molecule has 0 spiro atoms. The zero-order valence-electron chi connectivity index (χ0n) is 19.0. The molecule has 0 fully saturated rings. The lowest BCUT2D eigenvalue weighted by molar-refractivity contribution is -0.141. The van der Waals surface area contributed by atoms with Crippen molar-refractivity contribution in [2.75, 3.05) is 7.11 Å². The monoisotopic (exact) mass is 448 g/mol. The van der Waals surface area contributed by atoms with Gasteiger partial charge in [-0.2, -0.15) is 0 Å². The van der Waals surface area contributed by atoms with Crippen LogP contribution < -0.4 is 10.1 Å². The molecule has 0 saturated heterocycles. The minimum atomic E-state index is -0.812. The first-order valence-corrected chi connectivity index (χ1v) is 11.0. The normalized spacial score (nSPS) is 11.5. The van der Waals surface area contributed by atoms with Crippen molar-refractivity contribution < 1.29 is 18.7 Å². The summed E-state index contributed by atoms with van der Waals surface area (Å²) < 4.78 is 18.6. The van der Waals surface area contributed by atoms with E-state index in [1.54, 1.807) is 24.1 Å². The molecule has 0 heterocycles. The molecule has 3 rings (SSSR count). The van der Waals surface area contributed by atoms with Crippen LogP contribution in [-0.2, 0) is 22.7 Å². The molecule has 1 atom stereocenters. The van der Waals surface area contributed by atoms with Crippen LogP contribution in [0.15, 0.2) is 78.9 Å². The van der Waals surface area contributed by atoms with E-state index in [-0.39, 0.29) is 24.2 Å². The van der Waals surface area contributed by atoms with E-state index in [1.165, 1.54) is 12.1 Å². The van der Waals surface area contributed by atoms with Gasteiger partial charge in [0, 0.05) is 19.5 Å². The maximum atomic E-state index is 13.4. The molecule has 1 N–H and O–H groups in total. The van der Waals surface area contributed by atoms with Gasteiger partial charge in [-0.05, 0) is 47.4 Å². The summed E-state index contributed by atoms with van der Waals surface area (Å²) in [4.78, 5) is 28.2. The number of hydrogen-bond acceptors (Lipinski definition) is 3. The molecule has 172 valence electrons. The quantitative estimate of drug-likeness (QED) is 0.474. The predicted octanol–water partition coefficient (Wildman–Crippen LogP) is 5.02. The van der Waals surface area contributed by atoms with Crippen LogP contribution in [0.1, 0.15) is 42.5 Å². The van der Waals surface area contributed by atoms with Gasteiger partial charge in [0.2, 0.25) is 11.8 Å². The van der Waals surface area contributed by atoms with Crippen molar-refractivity contribution in [3.05, 3.63) is 101 Å². The van der Waals surface area contributed by atoms with Gasteiger partial charge in [0.05, 0.1) is 7.11 Å². The zero-order valence-corrected chi connectivity index (χ0v) is 19.0. The van der Waals surface area contributed by atoms with Crippen molar-refractivity contribution in [3.63, 3.8) is 0 Å². The molecule has 3 aromatic rings. The van der Waals surface area contributed by atoms with Crippen molar-refractivity contribution in [3.8, 4) is 5.75 Å². The van der Waals surface area contributed by atoms with Gasteiger partial charge in [-0.3, -0.25) is 9.59 Å². The first-order chi connectivity index (χ1) is 16.0. The van der Waals surface area contributed by atoms with Gasteiger partial charge in [0.25, 0.3) is 0 Å². The summed E-state index contributed by atoms with van der Waals surface area (Å²) in [6, 6.07) is 21.9. The van der Waals surface area contributed by atoms with Crippen LogP contribution >= 0.6 is 0 Å². The van der Waals surface area contributed by atoms with Crippen molar-refractivity contribution in [2.24, 2.45) is 0 Å². The molecular formula is C27H29FN2O3. The number of hydrogen-bond donors (Lipinski definition) is 1. The third kappa shape index (κ3) is 6.65. The second-order valence-electron chi connectivity index (χ2n) is 7.78. The highest BCUT2D eigenvalue weighted by molar-refractivity contribution is 5.88. The summed E-state index contributed by atoms with van der Waals surface area (Å²) in [5.41, 5.74) is 2.39. The van der Waals surface area contributed by atoms with E-state index >= 15 is 0 Å². The molecule has 0 radical (unpaired) electrons. The van der Waals surface area contributed by atoms with Crippen LogP contribution in [0.3, 0.4) is 0 Å². The number of ether oxygens (including phenoxy) is 1. The Hall–Kier alpha value is -3.67. The Kier molecular flexibility index (Phi) is 8.58. The number of methoxy groups -OCH3 is 1. The van der Waals surface area contributed by atoms with Gasteiger partial charge in [0.1, 0.15) is 17.6 Å². The number of carbonyl (C=O) groups excluding carboxylic acids is 2. The molecule has 3 aromatic carbocycles. The number of rotatable bonds is 10. The van der Waals surface area contributed by atoms with E-state index < -0.39 is 6.04 Å². The standard InChI is InChI=1S/C27H29FN2O3/c1-3-7-25(31)30(19-21-10-14-23(28)15-11-21)26(22-8-5-4-6-9-22)27(32)29-18-20-12-16-24(33-2)17-13-20/h4-6,8-17,26H,3,7,18-19H2,1-2H3,(H,29,32)/t26-/m1/s1. The lowest BCUT2D eigenvalue weighted by Gasteiger charge is -2.31. The highest BCUT2D eigenvalue weighted by Crippen LogP contribution is 2.25. The SMILES string of the molecule is CCCC(=O)N(Cc1ccc(F)cc1)[C@@H](C(=O)NCc1ccc(OC)cc1)c1ccccc1. The molecule has 0 aromatic heterocycles. The number of carbonyl (C=O) groups is 2. The van der Waals surface area contributed by atoms with E-state index in [2.05, 4.69) is 5.32 Å². The summed E-state index contributed by atoms with van der Waals surface area (Å²) in [6.07, 6.45) is 0.976. The van der Waals surface area contributed by atoms with Crippen molar-refractivity contribution in [1.82, 2.24) is 10.2 Å². The van der Waals surface area contributed by atoms with Crippen LogP contribution in [0.25, 0.3) is 0 Å². The van der Waals surface area contributed by atoms with Gasteiger partial charge in [-0.25, -0.2) is 4.39 Å². The molecule has 33 heavy (non-hydrogen) atoms. The summed E-state index contributed by atoms with van der Waals surface area (Å²) in [6.45, 7) is 2.45. The minimum absolute atomic E-state index is 0.129. The Morgan fingerprint density at radius 1 is 0.939 bits per heavy atom. The Morgan fingerprint density at radius 2 is 1.58 bits per heavy atom. The Morgan fingerprint density at radius 3 is 2.18 bits per heavy atom. The van der Waals surface area contributed by atoms with E-state index in [0.717, 1.165) is 22.4 Å². The van der Waals surface area contributed by atoms with Gasteiger partial charge < -0.3 is 15.0 Å². The van der Waals surface area contributed by atoms with E-state index in [9.17, 15) is 14.0 Å². The molecule has 0 aliphatic heterocycles. The van der Waals surface area contributed by atoms with Crippen molar-refractivity contribution >= 4 is 11.8 Å². The van der Waals surface area contributed by atoms with Crippen LogP contribution in [0.4, 0.5) is 4.39 Å². The number of halogens is 1. The first-order valence-electron chi connectivity index (χ1n) is 11.0. The highest BCUT2D eigenvalue weighted by Gasteiger charge is 2.31. The van der Waals surface area contributed by atoms with Crippen LogP contribution in [0, 0.1) is 5.82 Å². The average molecular weight is 449 g/mol. The maximum absolute atomic E-state index is 13.4. The zero-order chi connectivity index (χ0) is 23.6. The van der Waals surface area contributed by atoms with Gasteiger partial charge in [0.15, 0.2) is 0 Å². The van der Waals surface area contributed by atoms with E-state index in [1.807, 2.05) is 61.5 Å². The second-order valence-corrected chi connectivity index (χ2v) is 7.78. The second kappa shape index (κ2) is 11.8. The molecule has 0 saturated carbocycles. The summed E-state index contributed by atoms with van der Waals surface area (Å²) >= 11 is 0. The summed E-state index contributed by atoms with van der Waals surface area (Å²) in [5.74, 6) is -0.0104. The summed E-state index contributed by atoms with van der Waals surface area (Å²) in [7, 11) is 1.60. The third-order valence-corrected chi connectivity index (χ3v) is 5.35. The maximum Gasteiger partial charge on any atom is 0.247 e. The Balaban J connectivity index is 1.88. The van der Waals surface area contributed by atoms with E-state index in [0.29, 0.717) is 19.4 Å². The fourth-order valence-corrected chi connectivity index (χ4v) is 3.60. The smallest absolute Gasteiger partial charge is 0.247 e.